The van der Waals surface area contributed by atoms with Gasteiger partial charge in [0.15, 0.2) is 5.76 Å². The predicted octanol–water partition coefficient (Wildman–Crippen LogP) is 4.40. The molecule has 0 aliphatic heterocycles. The fourth-order valence-electron chi connectivity index (χ4n) is 2.36. The van der Waals surface area contributed by atoms with Gasteiger partial charge in [0.05, 0.1) is 11.8 Å². The normalized spacial score (nSPS) is 11.0. The monoisotopic (exact) mass is 277 g/mol. The lowest BCUT2D eigenvalue weighted by Gasteiger charge is -2.10. The van der Waals surface area contributed by atoms with Gasteiger partial charge in [-0.3, -0.25) is 4.98 Å². The molecule has 3 rings (SSSR count). The highest BCUT2D eigenvalue weighted by Crippen LogP contribution is 2.31. The first-order valence-electron chi connectivity index (χ1n) is 7.12. The van der Waals surface area contributed by atoms with Gasteiger partial charge in [-0.15, -0.1) is 0 Å². The molecule has 3 heteroatoms. The first-order chi connectivity index (χ1) is 10.2. The van der Waals surface area contributed by atoms with Gasteiger partial charge in [-0.05, 0) is 29.5 Å². The van der Waals surface area contributed by atoms with Gasteiger partial charge >= 0.3 is 0 Å². The maximum atomic E-state index is 5.28. The van der Waals surface area contributed by atoms with E-state index in [0.29, 0.717) is 11.7 Å². The van der Waals surface area contributed by atoms with Crippen LogP contribution in [0.1, 0.15) is 19.5 Å². The number of hydrogen-bond acceptors (Lipinski definition) is 3. The third kappa shape index (κ3) is 3.02. The topological polar surface area (TPSA) is 38.9 Å². The van der Waals surface area contributed by atoms with Crippen LogP contribution in [0.4, 0.5) is 0 Å². The second-order valence-electron chi connectivity index (χ2n) is 5.49. The first kappa shape index (κ1) is 13.6. The van der Waals surface area contributed by atoms with Crippen LogP contribution in [0.3, 0.4) is 0 Å². The van der Waals surface area contributed by atoms with E-state index in [1.54, 1.807) is 6.20 Å². The van der Waals surface area contributed by atoms with E-state index < -0.39 is 0 Å². The van der Waals surface area contributed by atoms with Crippen molar-refractivity contribution in [3.8, 4) is 22.5 Å². The molecule has 3 nitrogen and oxygen atoms in total. The first-order valence-corrected chi connectivity index (χ1v) is 7.12. The molecule has 0 amide bonds. The molecule has 0 atom stereocenters. The zero-order valence-corrected chi connectivity index (χ0v) is 12.2. The van der Waals surface area contributed by atoms with E-state index in [4.69, 9.17) is 4.52 Å². The highest BCUT2D eigenvalue weighted by atomic mass is 16.5. The summed E-state index contributed by atoms with van der Waals surface area (Å²) in [7, 11) is 0. The standard InChI is InChI=1S/C18H17N2O/c1-13(2)10-15-11-16(14-6-4-3-5-7-14)17(12-19-15)18-8-9-20-21-18/h3-9,11,13H,10H2,1-2H3. The van der Waals surface area contributed by atoms with Crippen molar-refractivity contribution in [3.63, 3.8) is 0 Å². The Labute approximate surface area is 124 Å². The average Bonchev–Trinajstić information content (AvgIpc) is 3.01. The molecular formula is C18H17N2O. The SMILES string of the molecule is CC(C)Cc1cc(-c2ccccc2)c(-c2ccno2)[c]n1. The van der Waals surface area contributed by atoms with Crippen molar-refractivity contribution in [3.05, 3.63) is 60.6 Å². The summed E-state index contributed by atoms with van der Waals surface area (Å²) in [6.45, 7) is 4.38. The Morgan fingerprint density at radius 1 is 1.14 bits per heavy atom. The van der Waals surface area contributed by atoms with Crippen LogP contribution in [-0.4, -0.2) is 10.1 Å². The molecule has 2 heterocycles. The van der Waals surface area contributed by atoms with Gasteiger partial charge in [0.1, 0.15) is 6.20 Å². The quantitative estimate of drug-likeness (QED) is 0.709. The highest BCUT2D eigenvalue weighted by Gasteiger charge is 2.13. The lowest BCUT2D eigenvalue weighted by Crippen LogP contribution is -1.99. The molecule has 1 aromatic carbocycles. The van der Waals surface area contributed by atoms with E-state index in [1.807, 2.05) is 24.3 Å². The Hall–Kier alpha value is -2.42. The molecular weight excluding hydrogens is 260 g/mol. The molecule has 21 heavy (non-hydrogen) atoms. The summed E-state index contributed by atoms with van der Waals surface area (Å²) >= 11 is 0. The molecule has 2 aromatic heterocycles. The number of nitrogens with zero attached hydrogens (tertiary/aromatic N) is 2. The average molecular weight is 277 g/mol. The van der Waals surface area contributed by atoms with Crippen LogP contribution in [0.25, 0.3) is 22.5 Å². The van der Waals surface area contributed by atoms with Gasteiger partial charge in [-0.2, -0.15) is 0 Å². The minimum atomic E-state index is 0.561. The molecule has 105 valence electrons. The summed E-state index contributed by atoms with van der Waals surface area (Å²) < 4.78 is 5.28. The Kier molecular flexibility index (Phi) is 3.82. The Morgan fingerprint density at radius 3 is 2.62 bits per heavy atom. The van der Waals surface area contributed by atoms with Gasteiger partial charge in [-0.25, -0.2) is 0 Å². The van der Waals surface area contributed by atoms with Crippen LogP contribution in [0.5, 0.6) is 0 Å². The minimum Gasteiger partial charge on any atom is -0.356 e. The smallest absolute Gasteiger partial charge is 0.169 e. The van der Waals surface area contributed by atoms with Gasteiger partial charge in [-0.1, -0.05) is 49.3 Å². The summed E-state index contributed by atoms with van der Waals surface area (Å²) in [5, 5.41) is 3.78. The van der Waals surface area contributed by atoms with E-state index >= 15 is 0 Å². The summed E-state index contributed by atoms with van der Waals surface area (Å²) in [5.74, 6) is 1.25. The number of rotatable bonds is 4. The Morgan fingerprint density at radius 2 is 1.95 bits per heavy atom. The van der Waals surface area contributed by atoms with Crippen LogP contribution in [0, 0.1) is 12.1 Å². The molecule has 3 aromatic rings. The van der Waals surface area contributed by atoms with Crippen molar-refractivity contribution in [1.82, 2.24) is 10.1 Å². The van der Waals surface area contributed by atoms with Crippen molar-refractivity contribution in [1.29, 1.82) is 0 Å². The number of aromatic nitrogens is 2. The summed E-state index contributed by atoms with van der Waals surface area (Å²) in [6, 6.07) is 14.2. The lowest BCUT2D eigenvalue weighted by atomic mass is 9.97. The Bertz CT molecular complexity index is 703. The summed E-state index contributed by atoms with van der Waals surface area (Å²) in [6.07, 6.45) is 5.70. The highest BCUT2D eigenvalue weighted by molar-refractivity contribution is 5.80. The van der Waals surface area contributed by atoms with Gasteiger partial charge in [0.2, 0.25) is 0 Å². The van der Waals surface area contributed by atoms with Crippen molar-refractivity contribution in [2.24, 2.45) is 5.92 Å². The number of hydrogen-bond donors (Lipinski definition) is 0. The molecule has 0 saturated heterocycles. The van der Waals surface area contributed by atoms with Crippen LogP contribution >= 0.6 is 0 Å². The number of benzene rings is 1. The van der Waals surface area contributed by atoms with Gasteiger partial charge in [0, 0.05) is 11.8 Å². The fourth-order valence-corrected chi connectivity index (χ4v) is 2.36. The maximum Gasteiger partial charge on any atom is 0.169 e. The van der Waals surface area contributed by atoms with Crippen molar-refractivity contribution in [2.45, 2.75) is 20.3 Å². The second kappa shape index (κ2) is 5.92. The number of pyridine rings is 1. The molecule has 0 aliphatic carbocycles. The van der Waals surface area contributed by atoms with E-state index in [1.165, 1.54) is 0 Å². The summed E-state index contributed by atoms with van der Waals surface area (Å²) in [5.41, 5.74) is 4.11. The molecule has 0 fully saturated rings. The lowest BCUT2D eigenvalue weighted by molar-refractivity contribution is 0.432. The van der Waals surface area contributed by atoms with Crippen LogP contribution in [0.2, 0.25) is 0 Å². The van der Waals surface area contributed by atoms with Gasteiger partial charge in [0.25, 0.3) is 0 Å². The van der Waals surface area contributed by atoms with E-state index in [2.05, 4.69) is 48.4 Å². The second-order valence-corrected chi connectivity index (χ2v) is 5.49. The fraction of sp³-hybridized carbons (Fsp3) is 0.222. The third-order valence-electron chi connectivity index (χ3n) is 3.28. The molecule has 0 aliphatic rings. The van der Waals surface area contributed by atoms with Crippen LogP contribution in [0.15, 0.2) is 53.2 Å². The summed E-state index contributed by atoms with van der Waals surface area (Å²) in [4.78, 5) is 4.45. The van der Waals surface area contributed by atoms with Crippen molar-refractivity contribution >= 4 is 0 Å². The van der Waals surface area contributed by atoms with Gasteiger partial charge < -0.3 is 4.52 Å². The zero-order chi connectivity index (χ0) is 14.7. The third-order valence-corrected chi connectivity index (χ3v) is 3.28. The van der Waals surface area contributed by atoms with Crippen LogP contribution < -0.4 is 0 Å². The van der Waals surface area contributed by atoms with E-state index in [-0.39, 0.29) is 0 Å². The predicted molar refractivity (Wildman–Crippen MR) is 82.5 cm³/mol. The molecule has 0 saturated carbocycles. The van der Waals surface area contributed by atoms with Crippen molar-refractivity contribution in [2.75, 3.05) is 0 Å². The largest absolute Gasteiger partial charge is 0.356 e. The Balaban J connectivity index is 2.12. The van der Waals surface area contributed by atoms with Crippen molar-refractivity contribution < 1.29 is 4.52 Å². The molecule has 0 bridgehead atoms. The van der Waals surface area contributed by atoms with Crippen LogP contribution in [-0.2, 0) is 6.42 Å². The molecule has 1 radical (unpaired) electrons. The maximum absolute atomic E-state index is 5.28. The molecule has 0 unspecified atom stereocenters. The zero-order valence-electron chi connectivity index (χ0n) is 12.2. The molecule has 0 N–H and O–H groups in total. The van der Waals surface area contributed by atoms with E-state index in [0.717, 1.165) is 28.8 Å². The molecule has 0 spiro atoms. The van der Waals surface area contributed by atoms with E-state index in [9.17, 15) is 0 Å². The minimum absolute atomic E-state index is 0.561.